The molecule has 0 spiro atoms. The summed E-state index contributed by atoms with van der Waals surface area (Å²) in [5.41, 5.74) is 0. The lowest BCUT2D eigenvalue weighted by atomic mass is 9.97. The summed E-state index contributed by atoms with van der Waals surface area (Å²) in [6, 6.07) is 0. The fraction of sp³-hybridized carbons (Fsp3) is 1.00. The molecule has 0 saturated heterocycles. The minimum atomic E-state index is -1.51. The van der Waals surface area contributed by atoms with Crippen molar-refractivity contribution in [1.29, 1.82) is 0 Å². The molecule has 0 rings (SSSR count). The Kier molecular flexibility index (Phi) is 9.43. The minimum absolute atomic E-state index is 0.0317. The summed E-state index contributed by atoms with van der Waals surface area (Å²) in [6.07, 6.45) is -9.40. The van der Waals surface area contributed by atoms with Gasteiger partial charge in [0.05, 0.1) is 24.9 Å². The van der Waals surface area contributed by atoms with Gasteiger partial charge in [0.25, 0.3) is 0 Å². The predicted molar refractivity (Wildman–Crippen MR) is 68.7 cm³/mol. The summed E-state index contributed by atoms with van der Waals surface area (Å²) in [5.74, 6) is 0. The van der Waals surface area contributed by atoms with Crippen LogP contribution in [0.1, 0.15) is 26.2 Å². The molecule has 8 nitrogen and oxygen atoms in total. The maximum atomic E-state index is 9.59. The van der Waals surface area contributed by atoms with Gasteiger partial charge in [-0.15, -0.1) is 0 Å². The van der Waals surface area contributed by atoms with Crippen molar-refractivity contribution in [3.63, 3.8) is 0 Å². The summed E-state index contributed by atoms with van der Waals surface area (Å²) in [5, 5.41) is 74.1. The van der Waals surface area contributed by atoms with E-state index in [1.165, 1.54) is 6.92 Å². The van der Waals surface area contributed by atoms with Gasteiger partial charge < -0.3 is 40.9 Å². The highest BCUT2D eigenvalue weighted by Crippen LogP contribution is 2.14. The third kappa shape index (κ3) is 6.42. The second-order valence-corrected chi connectivity index (χ2v) is 5.03. The van der Waals surface area contributed by atoms with Gasteiger partial charge in [-0.2, -0.15) is 0 Å². The van der Waals surface area contributed by atoms with E-state index in [-0.39, 0.29) is 19.3 Å². The topological polar surface area (TPSA) is 162 Å². The molecule has 0 heterocycles. The van der Waals surface area contributed by atoms with Crippen LogP contribution in [-0.2, 0) is 0 Å². The second-order valence-electron chi connectivity index (χ2n) is 5.03. The fourth-order valence-corrected chi connectivity index (χ4v) is 1.76. The number of hydrogen-bond donors (Lipinski definition) is 8. The van der Waals surface area contributed by atoms with Crippen LogP contribution in [0.2, 0.25) is 0 Å². The molecule has 7 atom stereocenters. The lowest BCUT2D eigenvalue weighted by Gasteiger charge is -2.25. The maximum absolute atomic E-state index is 9.59. The Morgan fingerprint density at radius 2 is 1.10 bits per heavy atom. The van der Waals surface area contributed by atoms with Crippen LogP contribution in [0.25, 0.3) is 0 Å². The van der Waals surface area contributed by atoms with Crippen LogP contribution in [-0.4, -0.2) is 90.2 Å². The van der Waals surface area contributed by atoms with Gasteiger partial charge in [-0.3, -0.25) is 0 Å². The summed E-state index contributed by atoms with van der Waals surface area (Å²) >= 11 is 0. The molecule has 0 amide bonds. The molecule has 0 bridgehead atoms. The quantitative estimate of drug-likeness (QED) is 0.208. The SMILES string of the molecule is CC(O)C(O)C(O)C(O)CCCC(O)C(O)C(O)CO. The molecule has 0 radical (unpaired) electrons. The van der Waals surface area contributed by atoms with E-state index < -0.39 is 49.3 Å². The summed E-state index contributed by atoms with van der Waals surface area (Å²) < 4.78 is 0. The van der Waals surface area contributed by atoms with Gasteiger partial charge in [0.2, 0.25) is 0 Å². The molecule has 7 unspecified atom stereocenters. The zero-order valence-corrected chi connectivity index (χ0v) is 11.4. The van der Waals surface area contributed by atoms with Crippen LogP contribution >= 0.6 is 0 Å². The van der Waals surface area contributed by atoms with Crippen LogP contribution in [0.15, 0.2) is 0 Å². The van der Waals surface area contributed by atoms with E-state index in [9.17, 15) is 25.5 Å². The normalized spacial score (nSPS) is 22.6. The Bertz CT molecular complexity index is 250. The maximum Gasteiger partial charge on any atom is 0.108 e. The van der Waals surface area contributed by atoms with Crippen LogP contribution < -0.4 is 0 Å². The predicted octanol–water partition coefficient (Wildman–Crippen LogP) is -3.30. The third-order valence-electron chi connectivity index (χ3n) is 3.21. The van der Waals surface area contributed by atoms with E-state index >= 15 is 0 Å². The Morgan fingerprint density at radius 1 is 0.650 bits per heavy atom. The van der Waals surface area contributed by atoms with Crippen molar-refractivity contribution in [2.45, 2.75) is 68.9 Å². The molecule has 0 aromatic heterocycles. The average molecular weight is 298 g/mol. The third-order valence-corrected chi connectivity index (χ3v) is 3.21. The van der Waals surface area contributed by atoms with Gasteiger partial charge in [-0.1, -0.05) is 0 Å². The summed E-state index contributed by atoms with van der Waals surface area (Å²) in [4.78, 5) is 0. The van der Waals surface area contributed by atoms with Crippen LogP contribution in [0.4, 0.5) is 0 Å². The zero-order chi connectivity index (χ0) is 15.9. The first-order valence-corrected chi connectivity index (χ1v) is 6.59. The second kappa shape index (κ2) is 9.59. The van der Waals surface area contributed by atoms with E-state index in [0.29, 0.717) is 0 Å². The Hall–Kier alpha value is -0.320. The average Bonchev–Trinajstić information content (AvgIpc) is 2.43. The van der Waals surface area contributed by atoms with Gasteiger partial charge in [-0.05, 0) is 26.2 Å². The lowest BCUT2D eigenvalue weighted by Crippen LogP contribution is -2.43. The van der Waals surface area contributed by atoms with Crippen molar-refractivity contribution >= 4 is 0 Å². The van der Waals surface area contributed by atoms with Gasteiger partial charge in [0, 0.05) is 0 Å². The van der Waals surface area contributed by atoms with Crippen molar-refractivity contribution in [1.82, 2.24) is 0 Å². The van der Waals surface area contributed by atoms with Gasteiger partial charge in [-0.25, -0.2) is 0 Å². The number of hydrogen-bond acceptors (Lipinski definition) is 8. The van der Waals surface area contributed by atoms with E-state index in [2.05, 4.69) is 0 Å². The highest BCUT2D eigenvalue weighted by molar-refractivity contribution is 4.80. The smallest absolute Gasteiger partial charge is 0.108 e. The summed E-state index contributed by atoms with van der Waals surface area (Å²) in [7, 11) is 0. The van der Waals surface area contributed by atoms with Gasteiger partial charge in [0.1, 0.15) is 24.4 Å². The van der Waals surface area contributed by atoms with E-state index in [1.54, 1.807) is 0 Å². The van der Waals surface area contributed by atoms with E-state index in [0.717, 1.165) is 0 Å². The van der Waals surface area contributed by atoms with Crippen molar-refractivity contribution in [3.05, 3.63) is 0 Å². The molecule has 0 aliphatic rings. The molecule has 0 aliphatic carbocycles. The first-order chi connectivity index (χ1) is 9.22. The first-order valence-electron chi connectivity index (χ1n) is 6.59. The zero-order valence-electron chi connectivity index (χ0n) is 11.4. The molecule has 0 saturated carbocycles. The fourth-order valence-electron chi connectivity index (χ4n) is 1.76. The molecule has 8 heteroatoms. The highest BCUT2D eigenvalue weighted by atomic mass is 16.4. The highest BCUT2D eigenvalue weighted by Gasteiger charge is 2.28. The van der Waals surface area contributed by atoms with Gasteiger partial charge >= 0.3 is 0 Å². The molecular weight excluding hydrogens is 272 g/mol. The molecule has 0 aliphatic heterocycles. The van der Waals surface area contributed by atoms with E-state index in [4.69, 9.17) is 15.3 Å². The molecular formula is C12H26O8. The molecule has 8 N–H and O–H groups in total. The Morgan fingerprint density at radius 3 is 1.50 bits per heavy atom. The first kappa shape index (κ1) is 19.7. The largest absolute Gasteiger partial charge is 0.394 e. The van der Waals surface area contributed by atoms with Crippen molar-refractivity contribution in [2.75, 3.05) is 6.61 Å². The van der Waals surface area contributed by atoms with Gasteiger partial charge in [0.15, 0.2) is 0 Å². The molecule has 0 aromatic rings. The number of aliphatic hydroxyl groups excluding tert-OH is 8. The standard InChI is InChI=1S/C12H26O8/c1-6(14)10(18)12(20)8(16)4-2-3-7(15)11(19)9(17)5-13/h6-20H,2-5H2,1H3. The minimum Gasteiger partial charge on any atom is -0.394 e. The van der Waals surface area contributed by atoms with Crippen molar-refractivity contribution in [2.24, 2.45) is 0 Å². The van der Waals surface area contributed by atoms with Crippen molar-refractivity contribution < 1.29 is 40.9 Å². The van der Waals surface area contributed by atoms with Crippen LogP contribution in [0.3, 0.4) is 0 Å². The Balaban J connectivity index is 4.05. The molecule has 0 fully saturated rings. The summed E-state index contributed by atoms with van der Waals surface area (Å²) in [6.45, 7) is 0.594. The lowest BCUT2D eigenvalue weighted by molar-refractivity contribution is -0.104. The number of aliphatic hydroxyl groups is 8. The van der Waals surface area contributed by atoms with Crippen LogP contribution in [0, 0.1) is 0 Å². The van der Waals surface area contributed by atoms with Crippen LogP contribution in [0.5, 0.6) is 0 Å². The Labute approximate surface area is 117 Å². The number of rotatable bonds is 10. The molecule has 122 valence electrons. The van der Waals surface area contributed by atoms with E-state index in [1.807, 2.05) is 0 Å². The molecule has 0 aromatic carbocycles. The monoisotopic (exact) mass is 298 g/mol. The molecule has 20 heavy (non-hydrogen) atoms. The van der Waals surface area contributed by atoms with Crippen molar-refractivity contribution in [3.8, 4) is 0 Å².